The quantitative estimate of drug-likeness (QED) is 0.738. The van der Waals surface area contributed by atoms with E-state index >= 15 is 0 Å². The number of methoxy groups -OCH3 is 1. The third-order valence-corrected chi connectivity index (χ3v) is 4.48. The fourth-order valence-electron chi connectivity index (χ4n) is 3.23. The van der Waals surface area contributed by atoms with Gasteiger partial charge in [-0.1, -0.05) is 31.4 Å². The van der Waals surface area contributed by atoms with Gasteiger partial charge in [-0.3, -0.25) is 0 Å². The van der Waals surface area contributed by atoms with E-state index in [2.05, 4.69) is 11.4 Å². The summed E-state index contributed by atoms with van der Waals surface area (Å²) < 4.78 is 17.1. The van der Waals surface area contributed by atoms with Crippen LogP contribution in [-0.2, 0) is 11.3 Å². The van der Waals surface area contributed by atoms with Gasteiger partial charge in [0, 0.05) is 12.0 Å². The topological polar surface area (TPSA) is 43.6 Å². The van der Waals surface area contributed by atoms with E-state index in [-0.39, 0.29) is 0 Å². The highest BCUT2D eigenvalue weighted by atomic mass is 16.5. The Morgan fingerprint density at radius 2 is 2.09 bits per heavy atom. The van der Waals surface area contributed by atoms with Gasteiger partial charge in [-0.05, 0) is 37.9 Å². The van der Waals surface area contributed by atoms with E-state index in [1.807, 2.05) is 18.2 Å². The molecule has 1 saturated carbocycles. The number of para-hydroxylation sites is 1. The van der Waals surface area contributed by atoms with Crippen LogP contribution in [0.15, 0.2) is 28.7 Å². The third kappa shape index (κ3) is 4.49. The zero-order chi connectivity index (χ0) is 15.9. The van der Waals surface area contributed by atoms with Crippen molar-refractivity contribution in [3.63, 3.8) is 0 Å². The molecule has 1 aromatic carbocycles. The fourth-order valence-corrected chi connectivity index (χ4v) is 3.23. The maximum atomic E-state index is 5.93. The van der Waals surface area contributed by atoms with Crippen LogP contribution in [0.1, 0.15) is 44.3 Å². The van der Waals surface area contributed by atoms with Crippen molar-refractivity contribution >= 4 is 11.0 Å². The number of furan rings is 1. The lowest BCUT2D eigenvalue weighted by Crippen LogP contribution is -2.20. The second-order valence-corrected chi connectivity index (χ2v) is 6.25. The second-order valence-electron chi connectivity index (χ2n) is 6.25. The molecule has 0 spiro atoms. The largest absolute Gasteiger partial charge is 0.493 e. The lowest BCUT2D eigenvalue weighted by molar-refractivity contribution is 0.0272. The summed E-state index contributed by atoms with van der Waals surface area (Å²) in [7, 11) is 1.67. The molecule has 1 N–H and O–H groups in total. The van der Waals surface area contributed by atoms with Crippen molar-refractivity contribution in [1.29, 1.82) is 0 Å². The van der Waals surface area contributed by atoms with E-state index in [1.165, 1.54) is 32.1 Å². The van der Waals surface area contributed by atoms with Crippen molar-refractivity contribution in [2.45, 2.75) is 51.2 Å². The predicted molar refractivity (Wildman–Crippen MR) is 91.9 cm³/mol. The molecular formula is C19H27NO3. The summed E-state index contributed by atoms with van der Waals surface area (Å²) in [6.07, 6.45) is 8.08. The number of ether oxygens (including phenoxy) is 2. The lowest BCUT2D eigenvalue weighted by Gasteiger charge is -2.21. The van der Waals surface area contributed by atoms with Crippen LogP contribution in [0, 0.1) is 0 Å². The smallest absolute Gasteiger partial charge is 0.176 e. The molecular weight excluding hydrogens is 290 g/mol. The van der Waals surface area contributed by atoms with Crippen LogP contribution in [0.5, 0.6) is 5.75 Å². The maximum absolute atomic E-state index is 5.93. The SMILES string of the molecule is COc1cccc2cc(CNCCCOC3CCCCC3)oc12. The van der Waals surface area contributed by atoms with Gasteiger partial charge >= 0.3 is 0 Å². The first-order valence-electron chi connectivity index (χ1n) is 8.74. The van der Waals surface area contributed by atoms with Gasteiger partial charge in [0.15, 0.2) is 11.3 Å². The summed E-state index contributed by atoms with van der Waals surface area (Å²) >= 11 is 0. The summed E-state index contributed by atoms with van der Waals surface area (Å²) in [5.74, 6) is 1.73. The monoisotopic (exact) mass is 317 g/mol. The van der Waals surface area contributed by atoms with E-state index in [1.54, 1.807) is 7.11 Å². The molecule has 1 fully saturated rings. The first-order chi connectivity index (χ1) is 11.4. The van der Waals surface area contributed by atoms with Gasteiger partial charge in [0.05, 0.1) is 19.8 Å². The number of fused-ring (bicyclic) bond motifs is 1. The summed E-state index contributed by atoms with van der Waals surface area (Å²) in [4.78, 5) is 0. The molecule has 3 rings (SSSR count). The van der Waals surface area contributed by atoms with Crippen LogP contribution in [-0.4, -0.2) is 26.4 Å². The molecule has 0 radical (unpaired) electrons. The molecule has 1 aliphatic rings. The number of nitrogens with one attached hydrogen (secondary N) is 1. The molecule has 126 valence electrons. The highest BCUT2D eigenvalue weighted by molar-refractivity contribution is 5.83. The van der Waals surface area contributed by atoms with Crippen molar-refractivity contribution < 1.29 is 13.9 Å². The van der Waals surface area contributed by atoms with Gasteiger partial charge in [0.1, 0.15) is 5.76 Å². The minimum Gasteiger partial charge on any atom is -0.493 e. The summed E-state index contributed by atoms with van der Waals surface area (Å²) in [5.41, 5.74) is 0.826. The van der Waals surface area contributed by atoms with Gasteiger partial charge in [-0.25, -0.2) is 0 Å². The van der Waals surface area contributed by atoms with E-state index in [9.17, 15) is 0 Å². The molecule has 4 nitrogen and oxygen atoms in total. The first kappa shape index (κ1) is 16.3. The number of hydrogen-bond donors (Lipinski definition) is 1. The minimum absolute atomic E-state index is 0.506. The van der Waals surface area contributed by atoms with Crippen molar-refractivity contribution in [3.05, 3.63) is 30.0 Å². The van der Waals surface area contributed by atoms with Crippen molar-refractivity contribution in [2.24, 2.45) is 0 Å². The molecule has 23 heavy (non-hydrogen) atoms. The van der Waals surface area contributed by atoms with Gasteiger partial charge < -0.3 is 19.2 Å². The van der Waals surface area contributed by atoms with Crippen LogP contribution in [0.4, 0.5) is 0 Å². The normalized spacial score (nSPS) is 16.0. The summed E-state index contributed by atoms with van der Waals surface area (Å²) in [6, 6.07) is 8.02. The Bertz CT molecular complexity index is 602. The molecule has 0 unspecified atom stereocenters. The summed E-state index contributed by atoms with van der Waals surface area (Å²) in [6.45, 7) is 2.54. The zero-order valence-corrected chi connectivity index (χ0v) is 14.0. The van der Waals surface area contributed by atoms with Crippen molar-refractivity contribution in [3.8, 4) is 5.75 Å². The maximum Gasteiger partial charge on any atom is 0.176 e. The first-order valence-corrected chi connectivity index (χ1v) is 8.74. The van der Waals surface area contributed by atoms with Crippen LogP contribution < -0.4 is 10.1 Å². The molecule has 4 heteroatoms. The number of rotatable bonds is 8. The Kier molecular flexibility index (Phi) is 5.94. The van der Waals surface area contributed by atoms with E-state index in [0.29, 0.717) is 6.10 Å². The lowest BCUT2D eigenvalue weighted by atomic mass is 9.98. The van der Waals surface area contributed by atoms with Gasteiger partial charge in [-0.2, -0.15) is 0 Å². The second kappa shape index (κ2) is 8.37. The highest BCUT2D eigenvalue weighted by Crippen LogP contribution is 2.28. The predicted octanol–water partition coefficient (Wildman–Crippen LogP) is 4.27. The Hall–Kier alpha value is -1.52. The Morgan fingerprint density at radius 1 is 1.22 bits per heavy atom. The van der Waals surface area contributed by atoms with Crippen molar-refractivity contribution in [1.82, 2.24) is 5.32 Å². The summed E-state index contributed by atoms with van der Waals surface area (Å²) in [5, 5.41) is 4.51. The number of hydrogen-bond acceptors (Lipinski definition) is 4. The standard InChI is InChI=1S/C19H27NO3/c1-21-18-10-5-7-15-13-17(23-19(15)18)14-20-11-6-12-22-16-8-3-2-4-9-16/h5,7,10,13,16,20H,2-4,6,8-9,11-12,14H2,1H3. The minimum atomic E-state index is 0.506. The molecule has 0 atom stereocenters. The molecule has 1 heterocycles. The zero-order valence-electron chi connectivity index (χ0n) is 14.0. The average molecular weight is 317 g/mol. The molecule has 0 amide bonds. The molecule has 2 aromatic rings. The molecule has 0 aliphatic heterocycles. The van der Waals surface area contributed by atoms with Crippen LogP contribution in [0.2, 0.25) is 0 Å². The van der Waals surface area contributed by atoms with E-state index < -0.39 is 0 Å². The highest BCUT2D eigenvalue weighted by Gasteiger charge is 2.13. The van der Waals surface area contributed by atoms with Gasteiger partial charge in [0.25, 0.3) is 0 Å². The molecule has 1 aliphatic carbocycles. The third-order valence-electron chi connectivity index (χ3n) is 4.48. The van der Waals surface area contributed by atoms with Crippen LogP contribution in [0.25, 0.3) is 11.0 Å². The van der Waals surface area contributed by atoms with E-state index in [0.717, 1.165) is 48.6 Å². The number of benzene rings is 1. The van der Waals surface area contributed by atoms with Crippen molar-refractivity contribution in [2.75, 3.05) is 20.3 Å². The van der Waals surface area contributed by atoms with E-state index in [4.69, 9.17) is 13.9 Å². The average Bonchev–Trinajstić information content (AvgIpc) is 3.01. The Labute approximate surface area is 138 Å². The van der Waals surface area contributed by atoms with Crippen LogP contribution >= 0.6 is 0 Å². The molecule has 1 aromatic heterocycles. The van der Waals surface area contributed by atoms with Gasteiger partial charge in [-0.15, -0.1) is 0 Å². The fraction of sp³-hybridized carbons (Fsp3) is 0.579. The van der Waals surface area contributed by atoms with Gasteiger partial charge in [0.2, 0.25) is 0 Å². The Balaban J connectivity index is 1.37. The Morgan fingerprint density at radius 3 is 2.91 bits per heavy atom. The molecule has 0 bridgehead atoms. The van der Waals surface area contributed by atoms with Crippen LogP contribution in [0.3, 0.4) is 0 Å². The molecule has 0 saturated heterocycles.